The predicted molar refractivity (Wildman–Crippen MR) is 67.5 cm³/mol. The van der Waals surface area contributed by atoms with Crippen molar-refractivity contribution in [3.63, 3.8) is 0 Å². The first kappa shape index (κ1) is 15.4. The number of carboxylic acids is 1. The highest BCUT2D eigenvalue weighted by Crippen LogP contribution is 2.19. The lowest BCUT2D eigenvalue weighted by molar-refractivity contribution is -0.158. The van der Waals surface area contributed by atoms with Crippen LogP contribution in [0.4, 0.5) is 4.39 Å². The van der Waals surface area contributed by atoms with E-state index in [4.69, 9.17) is 9.84 Å². The Balaban J connectivity index is 2.70. The van der Waals surface area contributed by atoms with Crippen LogP contribution in [0.1, 0.15) is 12.5 Å². The van der Waals surface area contributed by atoms with E-state index >= 15 is 0 Å². The van der Waals surface area contributed by atoms with Crippen molar-refractivity contribution in [1.29, 1.82) is 0 Å². The molecule has 0 aliphatic heterocycles. The van der Waals surface area contributed by atoms with Gasteiger partial charge in [0.1, 0.15) is 0 Å². The van der Waals surface area contributed by atoms with Gasteiger partial charge in [-0.3, -0.25) is 4.90 Å². The molecule has 0 saturated carbocycles. The van der Waals surface area contributed by atoms with Crippen molar-refractivity contribution in [2.75, 3.05) is 20.7 Å². The second kappa shape index (κ2) is 5.99. The largest absolute Gasteiger partial charge is 0.494 e. The van der Waals surface area contributed by atoms with E-state index in [9.17, 15) is 14.3 Å². The van der Waals surface area contributed by atoms with E-state index in [1.807, 2.05) is 0 Å². The van der Waals surface area contributed by atoms with Crippen LogP contribution in [0.5, 0.6) is 5.75 Å². The van der Waals surface area contributed by atoms with Gasteiger partial charge in [0.25, 0.3) is 0 Å². The number of methoxy groups -OCH3 is 1. The molecule has 0 aliphatic rings. The monoisotopic (exact) mass is 271 g/mol. The quantitative estimate of drug-likeness (QED) is 0.811. The highest BCUT2D eigenvalue weighted by Gasteiger charge is 2.31. The first-order valence-electron chi connectivity index (χ1n) is 5.73. The molecular weight excluding hydrogens is 253 g/mol. The molecule has 0 radical (unpaired) electrons. The van der Waals surface area contributed by atoms with E-state index in [1.165, 1.54) is 26.2 Å². The van der Waals surface area contributed by atoms with Gasteiger partial charge in [-0.15, -0.1) is 0 Å². The maximum Gasteiger partial charge on any atom is 0.336 e. The summed E-state index contributed by atoms with van der Waals surface area (Å²) in [6.07, 6.45) is 0. The summed E-state index contributed by atoms with van der Waals surface area (Å²) >= 11 is 0. The summed E-state index contributed by atoms with van der Waals surface area (Å²) in [6.45, 7) is 1.49. The minimum Gasteiger partial charge on any atom is -0.494 e. The average molecular weight is 271 g/mol. The Hall–Kier alpha value is -1.66. The van der Waals surface area contributed by atoms with E-state index < -0.39 is 17.4 Å². The number of benzene rings is 1. The number of hydrogen-bond donors (Lipinski definition) is 2. The number of aliphatic hydroxyl groups is 1. The van der Waals surface area contributed by atoms with Crippen molar-refractivity contribution < 1.29 is 24.1 Å². The molecule has 0 saturated heterocycles. The van der Waals surface area contributed by atoms with Crippen LogP contribution in [-0.2, 0) is 11.3 Å². The minimum atomic E-state index is -1.83. The van der Waals surface area contributed by atoms with Crippen LogP contribution in [0.15, 0.2) is 18.2 Å². The fraction of sp³-hybridized carbons (Fsp3) is 0.462. The van der Waals surface area contributed by atoms with Gasteiger partial charge in [-0.1, -0.05) is 6.07 Å². The van der Waals surface area contributed by atoms with Gasteiger partial charge in [0.05, 0.1) is 7.11 Å². The van der Waals surface area contributed by atoms with Gasteiger partial charge in [0, 0.05) is 13.1 Å². The smallest absolute Gasteiger partial charge is 0.336 e. The summed E-state index contributed by atoms with van der Waals surface area (Å²) in [5.41, 5.74) is -1.17. The fourth-order valence-electron chi connectivity index (χ4n) is 1.77. The first-order valence-corrected chi connectivity index (χ1v) is 5.73. The second-order valence-electron chi connectivity index (χ2n) is 4.72. The number of carboxylic acid groups (broad SMARTS) is 1. The molecule has 0 amide bonds. The van der Waals surface area contributed by atoms with E-state index in [0.29, 0.717) is 12.1 Å². The SMILES string of the molecule is COc1ccc(CN(C)CC(C)(O)C(=O)O)cc1F. The molecular formula is C13H18FNO4. The minimum absolute atomic E-state index is 0.0595. The molecule has 1 aromatic carbocycles. The Morgan fingerprint density at radius 3 is 2.63 bits per heavy atom. The Morgan fingerprint density at radius 2 is 2.16 bits per heavy atom. The predicted octanol–water partition coefficient (Wildman–Crippen LogP) is 1.10. The van der Waals surface area contributed by atoms with Crippen molar-refractivity contribution >= 4 is 5.97 Å². The number of carbonyl (C=O) groups is 1. The zero-order valence-corrected chi connectivity index (χ0v) is 11.2. The molecule has 1 rings (SSSR count). The van der Waals surface area contributed by atoms with Crippen LogP contribution in [0.25, 0.3) is 0 Å². The number of nitrogens with zero attached hydrogens (tertiary/aromatic N) is 1. The van der Waals surface area contributed by atoms with Crippen LogP contribution in [-0.4, -0.2) is 47.4 Å². The number of ether oxygens (including phenoxy) is 1. The molecule has 0 aromatic heterocycles. The summed E-state index contributed by atoms with van der Waals surface area (Å²) in [6, 6.07) is 4.52. The molecule has 0 spiro atoms. The molecule has 6 heteroatoms. The average Bonchev–Trinajstić information content (AvgIpc) is 2.28. The van der Waals surface area contributed by atoms with Crippen molar-refractivity contribution in [2.45, 2.75) is 19.1 Å². The number of likely N-dealkylation sites (N-methyl/N-ethyl adjacent to an activating group) is 1. The summed E-state index contributed by atoms with van der Waals surface area (Å²) in [5.74, 6) is -1.61. The summed E-state index contributed by atoms with van der Waals surface area (Å²) in [5, 5.41) is 18.5. The van der Waals surface area contributed by atoms with Crippen LogP contribution in [0.3, 0.4) is 0 Å². The number of aliphatic carboxylic acids is 1. The molecule has 0 fully saturated rings. The molecule has 1 aromatic rings. The van der Waals surface area contributed by atoms with Gasteiger partial charge in [0.2, 0.25) is 0 Å². The molecule has 106 valence electrons. The third kappa shape index (κ3) is 4.18. The van der Waals surface area contributed by atoms with E-state index in [1.54, 1.807) is 18.0 Å². The van der Waals surface area contributed by atoms with Crippen molar-refractivity contribution in [1.82, 2.24) is 4.90 Å². The normalized spacial score (nSPS) is 14.2. The number of halogens is 1. The number of rotatable bonds is 6. The van der Waals surface area contributed by atoms with Crippen LogP contribution >= 0.6 is 0 Å². The molecule has 19 heavy (non-hydrogen) atoms. The molecule has 1 unspecified atom stereocenters. The third-order valence-corrected chi connectivity index (χ3v) is 2.71. The van der Waals surface area contributed by atoms with E-state index in [-0.39, 0.29) is 12.3 Å². The van der Waals surface area contributed by atoms with Gasteiger partial charge in [-0.25, -0.2) is 9.18 Å². The van der Waals surface area contributed by atoms with Crippen LogP contribution in [0.2, 0.25) is 0 Å². The highest BCUT2D eigenvalue weighted by atomic mass is 19.1. The molecule has 0 bridgehead atoms. The van der Waals surface area contributed by atoms with Gasteiger partial charge in [-0.2, -0.15) is 0 Å². The Labute approximate surface area is 111 Å². The van der Waals surface area contributed by atoms with Crippen molar-refractivity contribution in [3.8, 4) is 5.75 Å². The second-order valence-corrected chi connectivity index (χ2v) is 4.72. The Morgan fingerprint density at radius 1 is 1.53 bits per heavy atom. The van der Waals surface area contributed by atoms with E-state index in [0.717, 1.165) is 0 Å². The van der Waals surface area contributed by atoms with Crippen molar-refractivity contribution in [2.24, 2.45) is 0 Å². The lowest BCUT2D eigenvalue weighted by atomic mass is 10.1. The number of hydrogen-bond acceptors (Lipinski definition) is 4. The van der Waals surface area contributed by atoms with E-state index in [2.05, 4.69) is 0 Å². The molecule has 2 N–H and O–H groups in total. The van der Waals surface area contributed by atoms with Gasteiger partial charge in [-0.05, 0) is 31.7 Å². The summed E-state index contributed by atoms with van der Waals surface area (Å²) in [7, 11) is 3.04. The van der Waals surface area contributed by atoms with Gasteiger partial charge < -0.3 is 14.9 Å². The standard InChI is InChI=1S/C13H18FNO4/c1-13(18,12(16)17)8-15(2)7-9-4-5-11(19-3)10(14)6-9/h4-6,18H,7-8H2,1-3H3,(H,16,17). The Kier molecular flexibility index (Phi) is 4.85. The third-order valence-electron chi connectivity index (χ3n) is 2.71. The fourth-order valence-corrected chi connectivity index (χ4v) is 1.77. The molecule has 5 nitrogen and oxygen atoms in total. The van der Waals surface area contributed by atoms with Crippen LogP contribution in [0, 0.1) is 5.82 Å². The zero-order chi connectivity index (χ0) is 14.6. The first-order chi connectivity index (χ1) is 8.76. The summed E-state index contributed by atoms with van der Waals surface area (Å²) in [4.78, 5) is 12.4. The maximum absolute atomic E-state index is 13.5. The lowest BCUT2D eigenvalue weighted by Crippen LogP contribution is -2.45. The van der Waals surface area contributed by atoms with Crippen LogP contribution < -0.4 is 4.74 Å². The van der Waals surface area contributed by atoms with Crippen molar-refractivity contribution in [3.05, 3.63) is 29.6 Å². The Bertz CT molecular complexity index is 462. The lowest BCUT2D eigenvalue weighted by Gasteiger charge is -2.25. The van der Waals surface area contributed by atoms with Gasteiger partial charge >= 0.3 is 5.97 Å². The maximum atomic E-state index is 13.5. The van der Waals surface area contributed by atoms with Gasteiger partial charge in [0.15, 0.2) is 17.2 Å². The molecule has 1 atom stereocenters. The molecule has 0 aliphatic carbocycles. The topological polar surface area (TPSA) is 70.0 Å². The summed E-state index contributed by atoms with van der Waals surface area (Å²) < 4.78 is 18.3. The molecule has 0 heterocycles. The highest BCUT2D eigenvalue weighted by molar-refractivity contribution is 5.76. The zero-order valence-electron chi connectivity index (χ0n) is 11.2.